The molecule has 2 N–H and O–H groups in total. The van der Waals surface area contributed by atoms with Crippen molar-refractivity contribution in [1.82, 2.24) is 10.2 Å². The molecule has 0 aliphatic carbocycles. The van der Waals surface area contributed by atoms with Gasteiger partial charge in [0.25, 0.3) is 0 Å². The smallest absolute Gasteiger partial charge is 0.326 e. The lowest BCUT2D eigenvalue weighted by Crippen LogP contribution is -2.51. The van der Waals surface area contributed by atoms with Gasteiger partial charge in [-0.3, -0.25) is 4.79 Å². The Bertz CT molecular complexity index is 689. The van der Waals surface area contributed by atoms with Crippen LogP contribution < -0.4 is 5.32 Å². The lowest BCUT2D eigenvalue weighted by Gasteiger charge is -2.29. The fourth-order valence-electron chi connectivity index (χ4n) is 2.79. The molecular formula is C20H24N2O3. The minimum absolute atomic E-state index is 0.227. The molecule has 0 fully saturated rings. The van der Waals surface area contributed by atoms with E-state index in [0.717, 1.165) is 11.1 Å². The second-order valence-corrected chi connectivity index (χ2v) is 6.02. The Morgan fingerprint density at radius 3 is 1.88 bits per heavy atom. The van der Waals surface area contributed by atoms with Crippen LogP contribution in [0.2, 0.25) is 0 Å². The van der Waals surface area contributed by atoms with Gasteiger partial charge >= 0.3 is 5.97 Å². The first-order valence-electron chi connectivity index (χ1n) is 8.27. The second-order valence-electron chi connectivity index (χ2n) is 6.02. The van der Waals surface area contributed by atoms with Crippen LogP contribution in [-0.2, 0) is 22.4 Å². The summed E-state index contributed by atoms with van der Waals surface area (Å²) < 4.78 is 0. The highest BCUT2D eigenvalue weighted by Crippen LogP contribution is 2.12. The number of likely N-dealkylation sites (N-methyl/N-ethyl adjacent to an activating group) is 2. The van der Waals surface area contributed by atoms with E-state index < -0.39 is 18.1 Å². The number of benzene rings is 2. The molecule has 0 unspecified atom stereocenters. The maximum atomic E-state index is 12.8. The number of carboxylic acid groups (broad SMARTS) is 1. The van der Waals surface area contributed by atoms with Gasteiger partial charge in [-0.1, -0.05) is 60.7 Å². The highest BCUT2D eigenvalue weighted by atomic mass is 16.4. The summed E-state index contributed by atoms with van der Waals surface area (Å²) in [7, 11) is 3.27. The van der Waals surface area contributed by atoms with Gasteiger partial charge in [0, 0.05) is 13.5 Å². The number of nitrogens with one attached hydrogen (secondary N) is 1. The standard InChI is InChI=1S/C20H24N2O3/c1-21-17(13-15-9-5-3-6-10-15)19(23)22(2)18(20(24)25)14-16-11-7-4-8-12-16/h3-12,17-18,21H,13-14H2,1-2H3,(H,24,25)/t17-,18-/m0/s1. The van der Waals surface area contributed by atoms with Gasteiger partial charge < -0.3 is 15.3 Å². The summed E-state index contributed by atoms with van der Waals surface area (Å²) in [6, 6.07) is 17.7. The molecule has 0 bridgehead atoms. The molecule has 0 saturated carbocycles. The number of hydrogen-bond donors (Lipinski definition) is 2. The average molecular weight is 340 g/mol. The van der Waals surface area contributed by atoms with Gasteiger partial charge in [-0.15, -0.1) is 0 Å². The first kappa shape index (κ1) is 18.7. The van der Waals surface area contributed by atoms with Gasteiger partial charge in [-0.25, -0.2) is 4.79 Å². The molecule has 2 aromatic carbocycles. The Kier molecular flexibility index (Phi) is 6.71. The highest BCUT2D eigenvalue weighted by molar-refractivity contribution is 5.87. The minimum atomic E-state index is -1.01. The van der Waals surface area contributed by atoms with Crippen molar-refractivity contribution in [3.8, 4) is 0 Å². The monoisotopic (exact) mass is 340 g/mol. The summed E-state index contributed by atoms with van der Waals surface area (Å²) >= 11 is 0. The van der Waals surface area contributed by atoms with Crippen LogP contribution in [0.3, 0.4) is 0 Å². The largest absolute Gasteiger partial charge is 0.480 e. The summed E-state index contributed by atoms with van der Waals surface area (Å²) in [5, 5.41) is 12.6. The molecule has 0 radical (unpaired) electrons. The summed E-state index contributed by atoms with van der Waals surface area (Å²) in [5.74, 6) is -1.23. The van der Waals surface area contributed by atoms with E-state index in [1.807, 2.05) is 60.7 Å². The first-order chi connectivity index (χ1) is 12.0. The Hall–Kier alpha value is -2.66. The Labute approximate surface area is 148 Å². The van der Waals surface area contributed by atoms with Crippen LogP contribution in [0, 0.1) is 0 Å². The quantitative estimate of drug-likeness (QED) is 0.771. The third-order valence-corrected chi connectivity index (χ3v) is 4.30. The number of aliphatic carboxylic acids is 1. The number of hydrogen-bond acceptors (Lipinski definition) is 3. The van der Waals surface area contributed by atoms with Crippen molar-refractivity contribution in [2.24, 2.45) is 0 Å². The lowest BCUT2D eigenvalue weighted by molar-refractivity contribution is -0.149. The first-order valence-corrected chi connectivity index (χ1v) is 8.27. The normalized spacial score (nSPS) is 13.0. The molecule has 132 valence electrons. The Balaban J connectivity index is 2.11. The zero-order valence-electron chi connectivity index (χ0n) is 14.6. The lowest BCUT2D eigenvalue weighted by atomic mass is 10.0. The minimum Gasteiger partial charge on any atom is -0.480 e. The third-order valence-electron chi connectivity index (χ3n) is 4.30. The molecule has 0 heterocycles. The van der Waals surface area contributed by atoms with Crippen LogP contribution >= 0.6 is 0 Å². The zero-order chi connectivity index (χ0) is 18.2. The third kappa shape index (κ3) is 5.16. The van der Waals surface area contributed by atoms with Crippen LogP contribution in [0.1, 0.15) is 11.1 Å². The van der Waals surface area contributed by atoms with Crippen LogP contribution in [0.15, 0.2) is 60.7 Å². The van der Waals surface area contributed by atoms with Crippen molar-refractivity contribution in [3.63, 3.8) is 0 Å². The van der Waals surface area contributed by atoms with Gasteiger partial charge in [0.2, 0.25) is 5.91 Å². The van der Waals surface area contributed by atoms with Gasteiger partial charge in [-0.05, 0) is 24.6 Å². The predicted molar refractivity (Wildman–Crippen MR) is 97.3 cm³/mol. The fourth-order valence-corrected chi connectivity index (χ4v) is 2.79. The number of carbonyl (C=O) groups is 2. The molecule has 0 aromatic heterocycles. The van der Waals surface area contributed by atoms with E-state index in [1.54, 1.807) is 14.1 Å². The number of carbonyl (C=O) groups excluding carboxylic acids is 1. The van der Waals surface area contributed by atoms with E-state index in [-0.39, 0.29) is 12.3 Å². The Morgan fingerprint density at radius 2 is 1.44 bits per heavy atom. The van der Waals surface area contributed by atoms with Crippen molar-refractivity contribution in [2.75, 3.05) is 14.1 Å². The summed E-state index contributed by atoms with van der Waals surface area (Å²) in [6.07, 6.45) is 0.790. The molecule has 1 amide bonds. The van der Waals surface area contributed by atoms with Crippen molar-refractivity contribution in [3.05, 3.63) is 71.8 Å². The molecular weight excluding hydrogens is 316 g/mol. The second kappa shape index (κ2) is 8.99. The summed E-state index contributed by atoms with van der Waals surface area (Å²) in [4.78, 5) is 25.9. The topological polar surface area (TPSA) is 69.6 Å². The van der Waals surface area contributed by atoms with Gasteiger partial charge in [0.05, 0.1) is 6.04 Å². The van der Waals surface area contributed by atoms with Crippen LogP contribution in [-0.4, -0.2) is 48.1 Å². The summed E-state index contributed by atoms with van der Waals surface area (Å²) in [6.45, 7) is 0. The van der Waals surface area contributed by atoms with E-state index >= 15 is 0 Å². The predicted octanol–water partition coefficient (Wildman–Crippen LogP) is 1.97. The molecule has 2 rings (SSSR count). The average Bonchev–Trinajstić information content (AvgIpc) is 2.64. The van der Waals surface area contributed by atoms with Crippen LogP contribution in [0.4, 0.5) is 0 Å². The van der Waals surface area contributed by atoms with E-state index in [0.29, 0.717) is 6.42 Å². The molecule has 25 heavy (non-hydrogen) atoms. The maximum Gasteiger partial charge on any atom is 0.326 e. The maximum absolute atomic E-state index is 12.8. The van der Waals surface area contributed by atoms with Gasteiger partial charge in [-0.2, -0.15) is 0 Å². The molecule has 5 nitrogen and oxygen atoms in total. The van der Waals surface area contributed by atoms with Gasteiger partial charge in [0.1, 0.15) is 6.04 Å². The fraction of sp³-hybridized carbons (Fsp3) is 0.300. The molecule has 0 aliphatic heterocycles. The molecule has 5 heteroatoms. The highest BCUT2D eigenvalue weighted by Gasteiger charge is 2.30. The Morgan fingerprint density at radius 1 is 0.960 bits per heavy atom. The number of nitrogens with zero attached hydrogens (tertiary/aromatic N) is 1. The number of amides is 1. The summed E-state index contributed by atoms with van der Waals surface area (Å²) in [5.41, 5.74) is 1.91. The van der Waals surface area contributed by atoms with Crippen molar-refractivity contribution < 1.29 is 14.7 Å². The zero-order valence-corrected chi connectivity index (χ0v) is 14.6. The van der Waals surface area contributed by atoms with Crippen molar-refractivity contribution >= 4 is 11.9 Å². The molecule has 0 spiro atoms. The van der Waals surface area contributed by atoms with Crippen LogP contribution in [0.25, 0.3) is 0 Å². The number of carboxylic acids is 1. The van der Waals surface area contributed by atoms with E-state index in [4.69, 9.17) is 0 Å². The molecule has 0 aliphatic rings. The molecule has 2 atom stereocenters. The molecule has 0 saturated heterocycles. The van der Waals surface area contributed by atoms with E-state index in [2.05, 4.69) is 5.32 Å². The molecule has 2 aromatic rings. The van der Waals surface area contributed by atoms with Crippen LogP contribution in [0.5, 0.6) is 0 Å². The van der Waals surface area contributed by atoms with E-state index in [1.165, 1.54) is 4.90 Å². The van der Waals surface area contributed by atoms with Crippen molar-refractivity contribution in [2.45, 2.75) is 24.9 Å². The number of rotatable bonds is 8. The SMILES string of the molecule is CN[C@@H](Cc1ccccc1)C(=O)N(C)[C@@H](Cc1ccccc1)C(=O)O. The van der Waals surface area contributed by atoms with Gasteiger partial charge in [0.15, 0.2) is 0 Å². The van der Waals surface area contributed by atoms with E-state index in [9.17, 15) is 14.7 Å². The van der Waals surface area contributed by atoms with Crippen molar-refractivity contribution in [1.29, 1.82) is 0 Å².